The summed E-state index contributed by atoms with van der Waals surface area (Å²) >= 11 is 0. The molecule has 0 spiro atoms. The minimum Gasteiger partial charge on any atom is -0.357 e. The molecule has 150 valence electrons. The Morgan fingerprint density at radius 1 is 1.17 bits per heavy atom. The van der Waals surface area contributed by atoms with Crippen molar-refractivity contribution in [2.24, 2.45) is 5.92 Å². The van der Waals surface area contributed by atoms with Crippen molar-refractivity contribution in [2.75, 3.05) is 18.0 Å². The van der Waals surface area contributed by atoms with Gasteiger partial charge in [0.05, 0.1) is 11.6 Å². The molecule has 0 radical (unpaired) electrons. The summed E-state index contributed by atoms with van der Waals surface area (Å²) in [4.78, 5) is 19.4. The van der Waals surface area contributed by atoms with Crippen LogP contribution in [0.15, 0.2) is 36.5 Å². The Bertz CT molecular complexity index is 907. The number of hydrogen-bond acceptors (Lipinski definition) is 4. The summed E-state index contributed by atoms with van der Waals surface area (Å²) in [6, 6.07) is 12.5. The molecule has 29 heavy (non-hydrogen) atoms. The van der Waals surface area contributed by atoms with Crippen molar-refractivity contribution < 1.29 is 4.79 Å². The number of pyridine rings is 1. The monoisotopic (exact) mass is 388 g/mol. The predicted molar refractivity (Wildman–Crippen MR) is 114 cm³/mol. The van der Waals surface area contributed by atoms with Crippen molar-refractivity contribution in [2.45, 2.75) is 51.5 Å². The first-order valence-corrected chi connectivity index (χ1v) is 10.7. The van der Waals surface area contributed by atoms with Gasteiger partial charge in [0.2, 0.25) is 5.91 Å². The first-order chi connectivity index (χ1) is 14.1. The van der Waals surface area contributed by atoms with Crippen molar-refractivity contribution in [3.8, 4) is 6.07 Å². The molecule has 0 bridgehead atoms. The van der Waals surface area contributed by atoms with Gasteiger partial charge in [-0.05, 0) is 74.3 Å². The maximum absolute atomic E-state index is 12.8. The quantitative estimate of drug-likeness (QED) is 0.862. The van der Waals surface area contributed by atoms with Crippen molar-refractivity contribution in [1.82, 2.24) is 10.3 Å². The summed E-state index contributed by atoms with van der Waals surface area (Å²) in [6.45, 7) is 3.70. The van der Waals surface area contributed by atoms with Crippen LogP contribution in [0.2, 0.25) is 0 Å². The molecule has 1 aromatic heterocycles. The van der Waals surface area contributed by atoms with E-state index in [1.165, 1.54) is 36.0 Å². The summed E-state index contributed by atoms with van der Waals surface area (Å²) in [5.41, 5.74) is 4.71. The summed E-state index contributed by atoms with van der Waals surface area (Å²) < 4.78 is 0. The fraction of sp³-hybridized carbons (Fsp3) is 0.458. The number of carbonyl (C=O) groups excluding carboxylic acids is 1. The summed E-state index contributed by atoms with van der Waals surface area (Å²) in [7, 11) is 0. The van der Waals surface area contributed by atoms with Crippen LogP contribution in [-0.2, 0) is 17.6 Å². The van der Waals surface area contributed by atoms with E-state index in [4.69, 9.17) is 5.26 Å². The average molecular weight is 389 g/mol. The number of nitrogens with one attached hydrogen (secondary N) is 1. The van der Waals surface area contributed by atoms with Crippen molar-refractivity contribution in [1.29, 1.82) is 5.26 Å². The summed E-state index contributed by atoms with van der Waals surface area (Å²) in [5, 5.41) is 12.1. The number of nitriles is 1. The first kappa shape index (κ1) is 19.4. The highest BCUT2D eigenvalue weighted by Crippen LogP contribution is 2.26. The molecule has 5 nitrogen and oxygen atoms in total. The Balaban J connectivity index is 1.32. The van der Waals surface area contributed by atoms with E-state index >= 15 is 0 Å². The number of aromatic nitrogens is 1. The number of amides is 1. The molecule has 1 N–H and O–H groups in total. The molecule has 1 aliphatic carbocycles. The summed E-state index contributed by atoms with van der Waals surface area (Å²) in [6.07, 6.45) is 8.15. The van der Waals surface area contributed by atoms with Gasteiger partial charge in [-0.15, -0.1) is 0 Å². The molecule has 4 rings (SSSR count). The third-order valence-corrected chi connectivity index (χ3v) is 6.30. The van der Waals surface area contributed by atoms with Crippen LogP contribution in [-0.4, -0.2) is 24.0 Å². The van der Waals surface area contributed by atoms with Gasteiger partial charge in [-0.3, -0.25) is 4.79 Å². The van der Waals surface area contributed by atoms with E-state index in [0.717, 1.165) is 38.2 Å². The zero-order valence-corrected chi connectivity index (χ0v) is 17.0. The van der Waals surface area contributed by atoms with Crippen LogP contribution in [0.1, 0.15) is 60.9 Å². The van der Waals surface area contributed by atoms with Gasteiger partial charge in [0.25, 0.3) is 0 Å². The molecule has 2 aliphatic rings. The number of carbonyl (C=O) groups is 1. The molecule has 1 atom stereocenters. The van der Waals surface area contributed by atoms with Crippen LogP contribution < -0.4 is 10.2 Å². The number of nitrogens with zero attached hydrogens (tertiary/aromatic N) is 3. The molecule has 1 amide bonds. The van der Waals surface area contributed by atoms with Crippen LogP contribution in [0.4, 0.5) is 5.82 Å². The van der Waals surface area contributed by atoms with E-state index in [0.29, 0.717) is 5.56 Å². The fourth-order valence-corrected chi connectivity index (χ4v) is 4.45. The zero-order chi connectivity index (χ0) is 20.2. The topological polar surface area (TPSA) is 69.0 Å². The molecule has 1 aliphatic heterocycles. The maximum Gasteiger partial charge on any atom is 0.223 e. The lowest BCUT2D eigenvalue weighted by Gasteiger charge is -2.32. The van der Waals surface area contributed by atoms with Crippen LogP contribution in [0.5, 0.6) is 0 Å². The molecule has 1 fully saturated rings. The number of anilines is 1. The SMILES string of the molecule is CC(NC(=O)C1CCN(c2ccc(C#N)cn2)CC1)c1ccc2c(c1)CCCC2. The lowest BCUT2D eigenvalue weighted by Crippen LogP contribution is -2.41. The van der Waals surface area contributed by atoms with Gasteiger partial charge in [-0.2, -0.15) is 5.26 Å². The normalized spacial score (nSPS) is 17.9. The molecule has 1 aromatic carbocycles. The second-order valence-corrected chi connectivity index (χ2v) is 8.24. The van der Waals surface area contributed by atoms with Gasteiger partial charge in [-0.1, -0.05) is 18.2 Å². The number of piperidine rings is 1. The molecular formula is C24H28N4O. The number of rotatable bonds is 4. The summed E-state index contributed by atoms with van der Waals surface area (Å²) in [5.74, 6) is 1.08. The molecule has 2 aromatic rings. The Kier molecular flexibility index (Phi) is 5.80. The lowest BCUT2D eigenvalue weighted by molar-refractivity contribution is -0.126. The Morgan fingerprint density at radius 2 is 1.93 bits per heavy atom. The molecule has 1 saturated heterocycles. The van der Waals surface area contributed by atoms with E-state index < -0.39 is 0 Å². The smallest absolute Gasteiger partial charge is 0.223 e. The Morgan fingerprint density at radius 3 is 2.62 bits per heavy atom. The number of aryl methyl sites for hydroxylation is 2. The molecule has 0 saturated carbocycles. The molecule has 1 unspecified atom stereocenters. The minimum absolute atomic E-state index is 0.0351. The van der Waals surface area contributed by atoms with Crippen molar-refractivity contribution >= 4 is 11.7 Å². The predicted octanol–water partition coefficient (Wildman–Crippen LogP) is 3.93. The fourth-order valence-electron chi connectivity index (χ4n) is 4.45. The molecule has 2 heterocycles. The number of benzene rings is 1. The van der Waals surface area contributed by atoms with Gasteiger partial charge in [-0.25, -0.2) is 4.98 Å². The minimum atomic E-state index is 0.0351. The van der Waals surface area contributed by atoms with Gasteiger partial charge in [0.1, 0.15) is 11.9 Å². The van der Waals surface area contributed by atoms with Crippen LogP contribution >= 0.6 is 0 Å². The maximum atomic E-state index is 12.8. The largest absolute Gasteiger partial charge is 0.357 e. The number of fused-ring (bicyclic) bond motifs is 1. The standard InChI is InChI=1S/C24H28N4O/c1-17(21-8-7-19-4-2-3-5-22(19)14-21)27-24(29)20-10-12-28(13-11-20)23-9-6-18(15-25)16-26-23/h6-9,14,16-17,20H,2-5,10-13H2,1H3,(H,27,29). The molecule has 5 heteroatoms. The second kappa shape index (κ2) is 8.65. The highest BCUT2D eigenvalue weighted by molar-refractivity contribution is 5.79. The van der Waals surface area contributed by atoms with Crippen molar-refractivity contribution in [3.63, 3.8) is 0 Å². The zero-order valence-electron chi connectivity index (χ0n) is 17.0. The van der Waals surface area contributed by atoms with Gasteiger partial charge < -0.3 is 10.2 Å². The lowest BCUT2D eigenvalue weighted by atomic mass is 9.89. The third kappa shape index (κ3) is 4.42. The highest BCUT2D eigenvalue weighted by atomic mass is 16.1. The average Bonchev–Trinajstić information content (AvgIpc) is 2.79. The van der Waals surface area contributed by atoms with Crippen LogP contribution in [0.25, 0.3) is 0 Å². The van der Waals surface area contributed by atoms with Crippen molar-refractivity contribution in [3.05, 3.63) is 58.8 Å². The second-order valence-electron chi connectivity index (χ2n) is 8.24. The van der Waals surface area contributed by atoms with E-state index in [2.05, 4.69) is 46.4 Å². The highest BCUT2D eigenvalue weighted by Gasteiger charge is 2.26. The van der Waals surface area contributed by atoms with Crippen LogP contribution in [0.3, 0.4) is 0 Å². The van der Waals surface area contributed by atoms with Crippen LogP contribution in [0, 0.1) is 17.2 Å². The Labute approximate surface area is 172 Å². The molecular weight excluding hydrogens is 360 g/mol. The Hall–Kier alpha value is -2.87. The van der Waals surface area contributed by atoms with E-state index in [-0.39, 0.29) is 17.9 Å². The number of hydrogen-bond donors (Lipinski definition) is 1. The van der Waals surface area contributed by atoms with E-state index in [1.807, 2.05) is 6.07 Å². The van der Waals surface area contributed by atoms with E-state index in [1.54, 1.807) is 12.3 Å². The van der Waals surface area contributed by atoms with Gasteiger partial charge in [0, 0.05) is 25.2 Å². The van der Waals surface area contributed by atoms with Gasteiger partial charge >= 0.3 is 0 Å². The first-order valence-electron chi connectivity index (χ1n) is 10.7. The third-order valence-electron chi connectivity index (χ3n) is 6.30. The van der Waals surface area contributed by atoms with E-state index in [9.17, 15) is 4.79 Å². The van der Waals surface area contributed by atoms with Gasteiger partial charge in [0.15, 0.2) is 0 Å².